The molecule has 0 saturated heterocycles. The van der Waals surface area contributed by atoms with E-state index in [9.17, 15) is 4.79 Å². The lowest BCUT2D eigenvalue weighted by molar-refractivity contribution is -0.139. The van der Waals surface area contributed by atoms with Crippen molar-refractivity contribution in [2.45, 2.75) is 52.1 Å². The highest BCUT2D eigenvalue weighted by Crippen LogP contribution is 2.07. The minimum Gasteiger partial charge on any atom is -0.356 e. The van der Waals surface area contributed by atoms with Gasteiger partial charge in [-0.3, -0.25) is 4.79 Å². The van der Waals surface area contributed by atoms with E-state index in [4.69, 9.17) is 9.47 Å². The first-order valence-electron chi connectivity index (χ1n) is 5.59. The molecule has 0 heterocycles. The standard InChI is InChI=1S/C11H24O3Si/c1-6-11(12)10(2)14-9-13-7-8-15(3,4)5/h10H,6-9H2,1-5H3. The Bertz CT molecular complexity index is 187. The Morgan fingerprint density at radius 3 is 2.40 bits per heavy atom. The van der Waals surface area contributed by atoms with Gasteiger partial charge in [0.1, 0.15) is 12.9 Å². The zero-order valence-corrected chi connectivity index (χ0v) is 11.6. The molecule has 0 aromatic heterocycles. The number of hydrogen-bond acceptors (Lipinski definition) is 3. The third kappa shape index (κ3) is 8.78. The van der Waals surface area contributed by atoms with Crippen molar-refractivity contribution in [3.05, 3.63) is 0 Å². The molecule has 15 heavy (non-hydrogen) atoms. The summed E-state index contributed by atoms with van der Waals surface area (Å²) in [5, 5.41) is 0. The normalized spacial score (nSPS) is 13.9. The summed E-state index contributed by atoms with van der Waals surface area (Å²) < 4.78 is 10.6. The lowest BCUT2D eigenvalue weighted by Gasteiger charge is -2.16. The summed E-state index contributed by atoms with van der Waals surface area (Å²) in [4.78, 5) is 11.2. The number of ether oxygens (including phenoxy) is 2. The molecule has 0 aromatic carbocycles. The van der Waals surface area contributed by atoms with Crippen LogP contribution in [0.1, 0.15) is 20.3 Å². The molecular weight excluding hydrogens is 208 g/mol. The predicted octanol–water partition coefficient (Wildman–Crippen LogP) is 2.68. The lowest BCUT2D eigenvalue weighted by Crippen LogP contribution is -2.24. The quantitative estimate of drug-likeness (QED) is 0.367. The van der Waals surface area contributed by atoms with Crippen molar-refractivity contribution in [3.63, 3.8) is 0 Å². The summed E-state index contributed by atoms with van der Waals surface area (Å²) in [6.45, 7) is 11.5. The first kappa shape index (κ1) is 14.8. The van der Waals surface area contributed by atoms with Gasteiger partial charge in [-0.2, -0.15) is 0 Å². The van der Waals surface area contributed by atoms with Crippen molar-refractivity contribution < 1.29 is 14.3 Å². The van der Waals surface area contributed by atoms with E-state index in [1.165, 1.54) is 0 Å². The fraction of sp³-hybridized carbons (Fsp3) is 0.909. The smallest absolute Gasteiger partial charge is 0.161 e. The molecule has 0 aliphatic heterocycles. The van der Waals surface area contributed by atoms with Crippen LogP contribution in [0, 0.1) is 0 Å². The largest absolute Gasteiger partial charge is 0.356 e. The third-order valence-corrected chi connectivity index (χ3v) is 3.90. The number of carbonyl (C=O) groups is 1. The van der Waals surface area contributed by atoms with Crippen LogP contribution in [0.15, 0.2) is 0 Å². The summed E-state index contributed by atoms with van der Waals surface area (Å²) in [6, 6.07) is 1.13. The van der Waals surface area contributed by atoms with Crippen molar-refractivity contribution in [2.75, 3.05) is 13.4 Å². The van der Waals surface area contributed by atoms with Gasteiger partial charge >= 0.3 is 0 Å². The summed E-state index contributed by atoms with van der Waals surface area (Å²) in [5.41, 5.74) is 0. The topological polar surface area (TPSA) is 35.5 Å². The van der Waals surface area contributed by atoms with E-state index in [0.29, 0.717) is 6.42 Å². The van der Waals surface area contributed by atoms with Crippen LogP contribution in [0.2, 0.25) is 25.7 Å². The second kappa shape index (κ2) is 7.14. The fourth-order valence-corrected chi connectivity index (χ4v) is 1.72. The molecular formula is C11H24O3Si. The molecule has 90 valence electrons. The molecule has 0 bridgehead atoms. The van der Waals surface area contributed by atoms with Gasteiger partial charge in [0, 0.05) is 21.1 Å². The van der Waals surface area contributed by atoms with E-state index in [-0.39, 0.29) is 18.7 Å². The van der Waals surface area contributed by atoms with Gasteiger partial charge in [0.25, 0.3) is 0 Å². The van der Waals surface area contributed by atoms with Gasteiger partial charge < -0.3 is 9.47 Å². The van der Waals surface area contributed by atoms with E-state index in [0.717, 1.165) is 12.7 Å². The molecule has 0 aliphatic rings. The average Bonchev–Trinajstić information content (AvgIpc) is 2.14. The zero-order chi connectivity index (χ0) is 11.9. The summed E-state index contributed by atoms with van der Waals surface area (Å²) in [6.07, 6.45) is 0.192. The monoisotopic (exact) mass is 232 g/mol. The fourth-order valence-electron chi connectivity index (χ4n) is 0.968. The van der Waals surface area contributed by atoms with Gasteiger partial charge in [-0.1, -0.05) is 26.6 Å². The summed E-state index contributed by atoms with van der Waals surface area (Å²) in [5.74, 6) is 0.129. The lowest BCUT2D eigenvalue weighted by atomic mass is 10.2. The van der Waals surface area contributed by atoms with E-state index >= 15 is 0 Å². The molecule has 0 N–H and O–H groups in total. The van der Waals surface area contributed by atoms with Gasteiger partial charge in [0.05, 0.1) is 0 Å². The second-order valence-electron chi connectivity index (χ2n) is 4.97. The minimum absolute atomic E-state index is 0.129. The molecule has 0 spiro atoms. The van der Waals surface area contributed by atoms with E-state index in [1.807, 2.05) is 6.92 Å². The SMILES string of the molecule is CCC(=O)C(C)OCOCC[Si](C)(C)C. The number of carbonyl (C=O) groups excluding carboxylic acids is 1. The Kier molecular flexibility index (Phi) is 7.05. The molecule has 0 fully saturated rings. The second-order valence-corrected chi connectivity index (χ2v) is 10.6. The number of hydrogen-bond donors (Lipinski definition) is 0. The van der Waals surface area contributed by atoms with Gasteiger partial charge in [0.2, 0.25) is 0 Å². The molecule has 0 amide bonds. The van der Waals surface area contributed by atoms with E-state index < -0.39 is 8.07 Å². The molecule has 0 aliphatic carbocycles. The van der Waals surface area contributed by atoms with Crippen molar-refractivity contribution in [3.8, 4) is 0 Å². The maximum Gasteiger partial charge on any atom is 0.161 e. The molecule has 0 aromatic rings. The third-order valence-electron chi connectivity index (χ3n) is 2.20. The molecule has 3 nitrogen and oxygen atoms in total. The number of ketones is 1. The van der Waals surface area contributed by atoms with Gasteiger partial charge in [-0.15, -0.1) is 0 Å². The molecule has 0 radical (unpaired) electrons. The van der Waals surface area contributed by atoms with Crippen LogP contribution in [-0.2, 0) is 14.3 Å². The van der Waals surface area contributed by atoms with Crippen molar-refractivity contribution in [1.29, 1.82) is 0 Å². The van der Waals surface area contributed by atoms with Crippen molar-refractivity contribution in [2.24, 2.45) is 0 Å². The zero-order valence-electron chi connectivity index (χ0n) is 10.6. The van der Waals surface area contributed by atoms with Crippen LogP contribution in [0.5, 0.6) is 0 Å². The highest BCUT2D eigenvalue weighted by molar-refractivity contribution is 6.76. The van der Waals surface area contributed by atoms with Gasteiger partial charge in [-0.05, 0) is 13.0 Å². The Balaban J connectivity index is 3.43. The van der Waals surface area contributed by atoms with Gasteiger partial charge in [-0.25, -0.2) is 0 Å². The van der Waals surface area contributed by atoms with Crippen LogP contribution in [-0.4, -0.2) is 33.4 Å². The Morgan fingerprint density at radius 1 is 1.33 bits per heavy atom. The maximum atomic E-state index is 11.2. The maximum absolute atomic E-state index is 11.2. The first-order valence-corrected chi connectivity index (χ1v) is 9.29. The van der Waals surface area contributed by atoms with Crippen molar-refractivity contribution in [1.82, 2.24) is 0 Å². The predicted molar refractivity (Wildman–Crippen MR) is 64.8 cm³/mol. The Morgan fingerprint density at radius 2 is 1.93 bits per heavy atom. The average molecular weight is 232 g/mol. The molecule has 4 heteroatoms. The highest BCUT2D eigenvalue weighted by Gasteiger charge is 2.13. The molecule has 0 rings (SSSR count). The van der Waals surface area contributed by atoms with Crippen LogP contribution < -0.4 is 0 Å². The van der Waals surface area contributed by atoms with Crippen LogP contribution in [0.25, 0.3) is 0 Å². The van der Waals surface area contributed by atoms with E-state index in [2.05, 4.69) is 19.6 Å². The van der Waals surface area contributed by atoms with E-state index in [1.54, 1.807) is 6.92 Å². The van der Waals surface area contributed by atoms with Crippen LogP contribution in [0.3, 0.4) is 0 Å². The molecule has 1 unspecified atom stereocenters. The Hall–Kier alpha value is -0.193. The minimum atomic E-state index is -1.01. The molecule has 0 saturated carbocycles. The van der Waals surface area contributed by atoms with Crippen LogP contribution in [0.4, 0.5) is 0 Å². The summed E-state index contributed by atoms with van der Waals surface area (Å²) >= 11 is 0. The van der Waals surface area contributed by atoms with Gasteiger partial charge in [0.15, 0.2) is 5.78 Å². The van der Waals surface area contributed by atoms with Crippen molar-refractivity contribution >= 4 is 13.9 Å². The summed E-state index contributed by atoms with van der Waals surface area (Å²) in [7, 11) is -1.01. The first-order chi connectivity index (χ1) is 6.87. The number of rotatable bonds is 8. The number of Topliss-reactive ketones (excluding diaryl/α,β-unsaturated/α-hetero) is 1. The Labute approximate surface area is 94.2 Å². The molecule has 1 atom stereocenters. The van der Waals surface area contributed by atoms with Crippen LogP contribution >= 0.6 is 0 Å². The highest BCUT2D eigenvalue weighted by atomic mass is 28.3.